The zero-order chi connectivity index (χ0) is 12.3. The van der Waals surface area contributed by atoms with Crippen LogP contribution in [-0.2, 0) is 0 Å². The minimum atomic E-state index is -0.932. The van der Waals surface area contributed by atoms with E-state index >= 15 is 0 Å². The van der Waals surface area contributed by atoms with Crippen molar-refractivity contribution in [2.45, 2.75) is 16.8 Å². The first-order chi connectivity index (χ1) is 8.16. The first-order valence-corrected chi connectivity index (χ1v) is 5.77. The topological polar surface area (TPSA) is 63.1 Å². The molecule has 5 heteroatoms. The highest BCUT2D eigenvalue weighted by molar-refractivity contribution is 7.99. The molecule has 1 heterocycles. The summed E-state index contributed by atoms with van der Waals surface area (Å²) in [6.07, 6.45) is 1.47. The summed E-state index contributed by atoms with van der Waals surface area (Å²) in [6.45, 7) is 1.87. The van der Waals surface area contributed by atoms with Crippen LogP contribution in [0.4, 0.5) is 0 Å². The van der Waals surface area contributed by atoms with Gasteiger partial charge >= 0.3 is 5.97 Å². The number of carboxylic acids is 1. The van der Waals surface area contributed by atoms with Crippen LogP contribution >= 0.6 is 11.8 Å². The van der Waals surface area contributed by atoms with Crippen molar-refractivity contribution in [2.75, 3.05) is 0 Å². The van der Waals surface area contributed by atoms with Crippen LogP contribution in [0, 0.1) is 6.92 Å². The summed E-state index contributed by atoms with van der Waals surface area (Å²) in [7, 11) is 0. The summed E-state index contributed by atoms with van der Waals surface area (Å²) in [4.78, 5) is 19.8. The van der Waals surface area contributed by atoms with Crippen LogP contribution in [0.15, 0.2) is 46.6 Å². The molecule has 0 unspecified atom stereocenters. The Bertz CT molecular complexity index is 558. The van der Waals surface area contributed by atoms with Gasteiger partial charge in [-0.05, 0) is 25.1 Å². The summed E-state index contributed by atoms with van der Waals surface area (Å²) in [5.41, 5.74) is 1.14. The third-order valence-corrected chi connectivity index (χ3v) is 3.12. The molecule has 86 valence electrons. The number of aromatic carboxylic acids is 1. The van der Waals surface area contributed by atoms with Crippen LogP contribution in [0.1, 0.15) is 16.1 Å². The second-order valence-corrected chi connectivity index (χ2v) is 4.46. The van der Waals surface area contributed by atoms with E-state index in [1.54, 1.807) is 18.2 Å². The zero-order valence-corrected chi connectivity index (χ0v) is 9.94. The fourth-order valence-electron chi connectivity index (χ4n) is 1.33. The second kappa shape index (κ2) is 4.97. The van der Waals surface area contributed by atoms with E-state index in [1.807, 2.05) is 19.1 Å². The molecule has 0 aliphatic rings. The van der Waals surface area contributed by atoms with E-state index in [0.29, 0.717) is 4.90 Å². The summed E-state index contributed by atoms with van der Waals surface area (Å²) >= 11 is 1.32. The smallest absolute Gasteiger partial charge is 0.336 e. The van der Waals surface area contributed by atoms with Crippen molar-refractivity contribution in [3.63, 3.8) is 0 Å². The number of hydrogen-bond donors (Lipinski definition) is 1. The summed E-state index contributed by atoms with van der Waals surface area (Å²) in [5.74, 6) is -0.932. The number of aryl methyl sites for hydroxylation is 1. The van der Waals surface area contributed by atoms with Gasteiger partial charge in [0.1, 0.15) is 11.4 Å². The van der Waals surface area contributed by atoms with Crippen LogP contribution in [0.5, 0.6) is 0 Å². The van der Waals surface area contributed by atoms with E-state index in [4.69, 9.17) is 5.11 Å². The zero-order valence-electron chi connectivity index (χ0n) is 9.12. The summed E-state index contributed by atoms with van der Waals surface area (Å²) in [6, 6.07) is 8.69. The highest BCUT2D eigenvalue weighted by atomic mass is 32.2. The van der Waals surface area contributed by atoms with Gasteiger partial charge in [0.05, 0.1) is 5.56 Å². The van der Waals surface area contributed by atoms with Crippen molar-refractivity contribution in [1.82, 2.24) is 9.97 Å². The highest BCUT2D eigenvalue weighted by Crippen LogP contribution is 2.28. The minimum absolute atomic E-state index is 0.286. The SMILES string of the molecule is Cc1cc(Sc2ccccc2C(=O)O)ncn1. The van der Waals surface area contributed by atoms with E-state index in [9.17, 15) is 4.79 Å². The lowest BCUT2D eigenvalue weighted by molar-refractivity contribution is 0.0693. The maximum atomic E-state index is 11.0. The van der Waals surface area contributed by atoms with Crippen LogP contribution in [0.2, 0.25) is 0 Å². The Balaban J connectivity index is 2.33. The molecule has 4 nitrogen and oxygen atoms in total. The molecule has 0 aliphatic heterocycles. The first kappa shape index (κ1) is 11.6. The number of aromatic nitrogens is 2. The Kier molecular flexibility index (Phi) is 3.39. The van der Waals surface area contributed by atoms with Crippen molar-refractivity contribution in [3.8, 4) is 0 Å². The van der Waals surface area contributed by atoms with Gasteiger partial charge in [-0.15, -0.1) is 0 Å². The highest BCUT2D eigenvalue weighted by Gasteiger charge is 2.10. The Hall–Kier alpha value is -1.88. The van der Waals surface area contributed by atoms with Gasteiger partial charge in [0.25, 0.3) is 0 Å². The van der Waals surface area contributed by atoms with Crippen LogP contribution in [0.3, 0.4) is 0 Å². The van der Waals surface area contributed by atoms with Crippen LogP contribution in [0.25, 0.3) is 0 Å². The molecule has 1 aromatic heterocycles. The van der Waals surface area contributed by atoms with E-state index in [2.05, 4.69) is 9.97 Å². The van der Waals surface area contributed by atoms with E-state index < -0.39 is 5.97 Å². The van der Waals surface area contributed by atoms with E-state index in [-0.39, 0.29) is 5.56 Å². The Morgan fingerprint density at radius 3 is 2.76 bits per heavy atom. The average Bonchev–Trinajstić information content (AvgIpc) is 2.29. The molecule has 0 radical (unpaired) electrons. The molecule has 0 spiro atoms. The van der Waals surface area contributed by atoms with E-state index in [1.165, 1.54) is 18.1 Å². The second-order valence-electron chi connectivity index (χ2n) is 3.40. The fourth-order valence-corrected chi connectivity index (χ4v) is 2.30. The molecule has 0 saturated carbocycles. The lowest BCUT2D eigenvalue weighted by atomic mass is 10.2. The third-order valence-electron chi connectivity index (χ3n) is 2.11. The molecule has 0 bridgehead atoms. The van der Waals surface area contributed by atoms with Crippen molar-refractivity contribution < 1.29 is 9.90 Å². The number of nitrogens with zero attached hydrogens (tertiary/aromatic N) is 2. The van der Waals surface area contributed by atoms with Crippen LogP contribution in [-0.4, -0.2) is 21.0 Å². The molecule has 0 atom stereocenters. The van der Waals surface area contributed by atoms with Crippen molar-refractivity contribution >= 4 is 17.7 Å². The molecule has 0 amide bonds. The molecule has 2 rings (SSSR count). The van der Waals surface area contributed by atoms with Gasteiger partial charge in [-0.3, -0.25) is 0 Å². The minimum Gasteiger partial charge on any atom is -0.478 e. The standard InChI is InChI=1S/C12H10N2O2S/c1-8-6-11(14-7-13-8)17-10-5-3-2-4-9(10)12(15)16/h2-7H,1H3,(H,15,16). The van der Waals surface area contributed by atoms with Gasteiger partial charge in [-0.2, -0.15) is 0 Å². The van der Waals surface area contributed by atoms with Gasteiger partial charge in [0, 0.05) is 10.6 Å². The maximum Gasteiger partial charge on any atom is 0.336 e. The molecule has 2 aromatic rings. The molecule has 0 saturated heterocycles. The molecular formula is C12H10N2O2S. The predicted molar refractivity (Wildman–Crippen MR) is 64.3 cm³/mol. The Morgan fingerprint density at radius 1 is 1.29 bits per heavy atom. The van der Waals surface area contributed by atoms with E-state index in [0.717, 1.165) is 10.7 Å². The fraction of sp³-hybridized carbons (Fsp3) is 0.0833. The Morgan fingerprint density at radius 2 is 2.06 bits per heavy atom. The molecule has 1 aromatic carbocycles. The number of hydrogen-bond acceptors (Lipinski definition) is 4. The molecule has 0 aliphatic carbocycles. The van der Waals surface area contributed by atoms with Crippen molar-refractivity contribution in [3.05, 3.63) is 47.9 Å². The molecule has 1 N–H and O–H groups in total. The van der Waals surface area contributed by atoms with Gasteiger partial charge in [-0.1, -0.05) is 23.9 Å². The normalized spacial score (nSPS) is 10.2. The van der Waals surface area contributed by atoms with Gasteiger partial charge in [0.2, 0.25) is 0 Å². The number of carboxylic acid groups (broad SMARTS) is 1. The number of carbonyl (C=O) groups is 1. The molecular weight excluding hydrogens is 236 g/mol. The first-order valence-electron chi connectivity index (χ1n) is 4.95. The van der Waals surface area contributed by atoms with Gasteiger partial charge in [0.15, 0.2) is 0 Å². The number of benzene rings is 1. The summed E-state index contributed by atoms with van der Waals surface area (Å²) < 4.78 is 0. The third kappa shape index (κ3) is 2.82. The van der Waals surface area contributed by atoms with Gasteiger partial charge < -0.3 is 5.11 Å². The monoisotopic (exact) mass is 246 g/mol. The maximum absolute atomic E-state index is 11.0. The van der Waals surface area contributed by atoms with Crippen molar-refractivity contribution in [1.29, 1.82) is 0 Å². The van der Waals surface area contributed by atoms with Crippen LogP contribution < -0.4 is 0 Å². The molecule has 17 heavy (non-hydrogen) atoms. The quantitative estimate of drug-likeness (QED) is 0.843. The largest absolute Gasteiger partial charge is 0.478 e. The van der Waals surface area contributed by atoms with Gasteiger partial charge in [-0.25, -0.2) is 14.8 Å². The summed E-state index contributed by atoms with van der Waals surface area (Å²) in [5, 5.41) is 9.79. The predicted octanol–water partition coefficient (Wildman–Crippen LogP) is 2.63. The average molecular weight is 246 g/mol. The lowest BCUT2D eigenvalue weighted by Gasteiger charge is -2.04. The Labute approximate surface area is 103 Å². The number of rotatable bonds is 3. The van der Waals surface area contributed by atoms with Crippen molar-refractivity contribution in [2.24, 2.45) is 0 Å². The molecule has 0 fully saturated rings. The lowest BCUT2D eigenvalue weighted by Crippen LogP contribution is -1.98.